The van der Waals surface area contributed by atoms with E-state index < -0.39 is 0 Å². The number of rotatable bonds is 8. The zero-order valence-electron chi connectivity index (χ0n) is 13.1. The second kappa shape index (κ2) is 9.00. The Balaban J connectivity index is 1.61. The summed E-state index contributed by atoms with van der Waals surface area (Å²) < 4.78 is 0. The molecule has 0 saturated carbocycles. The summed E-state index contributed by atoms with van der Waals surface area (Å²) >= 11 is 0. The molecule has 0 aliphatic carbocycles. The molecule has 2 aromatic carbocycles. The Kier molecular flexibility index (Phi) is 6.65. The fourth-order valence-electron chi connectivity index (χ4n) is 2.25. The fraction of sp³-hybridized carbons (Fsp3) is 0.316. The molecule has 0 aliphatic heterocycles. The summed E-state index contributed by atoms with van der Waals surface area (Å²) in [6.45, 7) is 3.71. The highest BCUT2D eigenvalue weighted by atomic mass is 16.1. The number of amides is 1. The Hall–Kier alpha value is -2.13. The van der Waals surface area contributed by atoms with Gasteiger partial charge in [0.2, 0.25) is 5.91 Å². The molecule has 2 N–H and O–H groups in total. The predicted molar refractivity (Wildman–Crippen MR) is 92.1 cm³/mol. The first kappa shape index (κ1) is 16.2. The second-order valence-corrected chi connectivity index (χ2v) is 5.33. The largest absolute Gasteiger partial charge is 0.326 e. The minimum absolute atomic E-state index is 0.0523. The van der Waals surface area contributed by atoms with Crippen molar-refractivity contribution in [2.75, 3.05) is 18.4 Å². The van der Waals surface area contributed by atoms with Gasteiger partial charge in [-0.05, 0) is 42.6 Å². The van der Waals surface area contributed by atoms with Gasteiger partial charge in [-0.25, -0.2) is 0 Å². The summed E-state index contributed by atoms with van der Waals surface area (Å²) in [7, 11) is 0. The maximum absolute atomic E-state index is 11.8. The van der Waals surface area contributed by atoms with E-state index in [1.54, 1.807) is 0 Å². The molecular formula is C19H24N2O. The molecule has 0 aromatic heterocycles. The molecule has 116 valence electrons. The molecule has 2 aromatic rings. The van der Waals surface area contributed by atoms with Gasteiger partial charge in [0.25, 0.3) is 0 Å². The van der Waals surface area contributed by atoms with Crippen LogP contribution in [-0.2, 0) is 17.6 Å². The van der Waals surface area contributed by atoms with E-state index in [1.807, 2.05) is 42.5 Å². The number of aryl methyl sites for hydroxylation is 1. The lowest BCUT2D eigenvalue weighted by molar-refractivity contribution is -0.116. The van der Waals surface area contributed by atoms with E-state index in [-0.39, 0.29) is 5.91 Å². The highest BCUT2D eigenvalue weighted by molar-refractivity contribution is 5.90. The van der Waals surface area contributed by atoms with Crippen LogP contribution in [0.2, 0.25) is 0 Å². The summed E-state index contributed by atoms with van der Waals surface area (Å²) in [5.41, 5.74) is 3.46. The lowest BCUT2D eigenvalue weighted by Gasteiger charge is -2.07. The van der Waals surface area contributed by atoms with Gasteiger partial charge in [0.15, 0.2) is 0 Å². The van der Waals surface area contributed by atoms with Gasteiger partial charge in [-0.1, -0.05) is 49.4 Å². The van der Waals surface area contributed by atoms with E-state index in [2.05, 4.69) is 29.7 Å². The van der Waals surface area contributed by atoms with Gasteiger partial charge in [0, 0.05) is 18.7 Å². The minimum Gasteiger partial charge on any atom is -0.326 e. The van der Waals surface area contributed by atoms with Crippen LogP contribution < -0.4 is 10.6 Å². The van der Waals surface area contributed by atoms with Crippen molar-refractivity contribution < 1.29 is 4.79 Å². The maximum atomic E-state index is 11.8. The minimum atomic E-state index is 0.0523. The first-order chi connectivity index (χ1) is 10.8. The average molecular weight is 296 g/mol. The predicted octanol–water partition coefficient (Wildman–Crippen LogP) is 3.41. The summed E-state index contributed by atoms with van der Waals surface area (Å²) in [5, 5.41) is 6.23. The first-order valence-corrected chi connectivity index (χ1v) is 7.91. The quantitative estimate of drug-likeness (QED) is 0.733. The topological polar surface area (TPSA) is 41.1 Å². The molecule has 0 unspecified atom stereocenters. The SMILES string of the molecule is CCc1ccc(NC(=O)CCNCCc2ccccc2)cc1. The van der Waals surface area contributed by atoms with Gasteiger partial charge in [-0.3, -0.25) is 4.79 Å². The molecule has 0 saturated heterocycles. The molecule has 0 radical (unpaired) electrons. The molecule has 0 spiro atoms. The molecule has 1 amide bonds. The number of carbonyl (C=O) groups is 1. The highest BCUT2D eigenvalue weighted by Gasteiger charge is 2.02. The highest BCUT2D eigenvalue weighted by Crippen LogP contribution is 2.10. The Morgan fingerprint density at radius 2 is 1.64 bits per heavy atom. The molecule has 0 heterocycles. The molecule has 0 aliphatic rings. The van der Waals surface area contributed by atoms with Gasteiger partial charge in [-0.2, -0.15) is 0 Å². The smallest absolute Gasteiger partial charge is 0.225 e. The summed E-state index contributed by atoms with van der Waals surface area (Å²) in [6, 6.07) is 18.4. The third-order valence-corrected chi connectivity index (χ3v) is 3.61. The van der Waals surface area contributed by atoms with E-state index in [0.29, 0.717) is 13.0 Å². The average Bonchev–Trinajstić information content (AvgIpc) is 2.56. The van der Waals surface area contributed by atoms with Crippen LogP contribution >= 0.6 is 0 Å². The van der Waals surface area contributed by atoms with E-state index in [4.69, 9.17) is 0 Å². The van der Waals surface area contributed by atoms with Gasteiger partial charge in [-0.15, -0.1) is 0 Å². The van der Waals surface area contributed by atoms with Gasteiger partial charge >= 0.3 is 0 Å². The van der Waals surface area contributed by atoms with Crippen molar-refractivity contribution in [1.82, 2.24) is 5.32 Å². The lowest BCUT2D eigenvalue weighted by Crippen LogP contribution is -2.23. The molecule has 0 fully saturated rings. The Morgan fingerprint density at radius 1 is 0.909 bits per heavy atom. The van der Waals surface area contributed by atoms with Crippen LogP contribution in [0.25, 0.3) is 0 Å². The van der Waals surface area contributed by atoms with Crippen molar-refractivity contribution in [2.45, 2.75) is 26.2 Å². The van der Waals surface area contributed by atoms with Crippen LogP contribution in [-0.4, -0.2) is 19.0 Å². The second-order valence-electron chi connectivity index (χ2n) is 5.33. The number of carbonyl (C=O) groups excluding carboxylic acids is 1. The first-order valence-electron chi connectivity index (χ1n) is 7.91. The Morgan fingerprint density at radius 3 is 2.32 bits per heavy atom. The number of hydrogen-bond donors (Lipinski definition) is 2. The Labute approximate surface area is 132 Å². The van der Waals surface area contributed by atoms with Crippen LogP contribution in [0, 0.1) is 0 Å². The molecule has 3 nitrogen and oxygen atoms in total. The number of anilines is 1. The van der Waals surface area contributed by atoms with Crippen LogP contribution in [0.4, 0.5) is 5.69 Å². The van der Waals surface area contributed by atoms with Crippen molar-refractivity contribution >= 4 is 11.6 Å². The summed E-state index contributed by atoms with van der Waals surface area (Å²) in [5.74, 6) is 0.0523. The van der Waals surface area contributed by atoms with Crippen LogP contribution in [0.1, 0.15) is 24.5 Å². The van der Waals surface area contributed by atoms with Crippen LogP contribution in [0.3, 0.4) is 0 Å². The monoisotopic (exact) mass is 296 g/mol. The van der Waals surface area contributed by atoms with Crippen LogP contribution in [0.5, 0.6) is 0 Å². The van der Waals surface area contributed by atoms with Gasteiger partial charge in [0.1, 0.15) is 0 Å². The van der Waals surface area contributed by atoms with Crippen molar-refractivity contribution in [1.29, 1.82) is 0 Å². The molecular weight excluding hydrogens is 272 g/mol. The van der Waals surface area contributed by atoms with Crippen molar-refractivity contribution in [3.05, 3.63) is 65.7 Å². The number of benzene rings is 2. The normalized spacial score (nSPS) is 10.4. The zero-order valence-corrected chi connectivity index (χ0v) is 13.1. The van der Waals surface area contributed by atoms with Crippen molar-refractivity contribution in [2.24, 2.45) is 0 Å². The standard InChI is InChI=1S/C19H24N2O/c1-2-16-8-10-18(11-9-16)21-19(22)13-15-20-14-12-17-6-4-3-5-7-17/h3-11,20H,2,12-15H2,1H3,(H,21,22). The van der Waals surface area contributed by atoms with Crippen molar-refractivity contribution in [3.63, 3.8) is 0 Å². The van der Waals surface area contributed by atoms with E-state index in [9.17, 15) is 4.79 Å². The van der Waals surface area contributed by atoms with E-state index in [0.717, 1.165) is 25.1 Å². The Bertz CT molecular complexity index is 564. The molecule has 0 atom stereocenters. The van der Waals surface area contributed by atoms with E-state index >= 15 is 0 Å². The lowest BCUT2D eigenvalue weighted by atomic mass is 10.1. The van der Waals surface area contributed by atoms with Gasteiger partial charge < -0.3 is 10.6 Å². The summed E-state index contributed by atoms with van der Waals surface area (Å²) in [6.07, 6.45) is 2.49. The third-order valence-electron chi connectivity index (χ3n) is 3.61. The van der Waals surface area contributed by atoms with Crippen LogP contribution in [0.15, 0.2) is 54.6 Å². The summed E-state index contributed by atoms with van der Waals surface area (Å²) in [4.78, 5) is 11.8. The number of hydrogen-bond acceptors (Lipinski definition) is 2. The van der Waals surface area contributed by atoms with Gasteiger partial charge in [0.05, 0.1) is 0 Å². The maximum Gasteiger partial charge on any atom is 0.225 e. The molecule has 3 heteroatoms. The van der Waals surface area contributed by atoms with E-state index in [1.165, 1.54) is 11.1 Å². The molecule has 0 bridgehead atoms. The zero-order chi connectivity index (χ0) is 15.6. The number of nitrogens with one attached hydrogen (secondary N) is 2. The fourth-order valence-corrected chi connectivity index (χ4v) is 2.25. The van der Waals surface area contributed by atoms with Crippen molar-refractivity contribution in [3.8, 4) is 0 Å². The third kappa shape index (κ3) is 5.70. The molecule has 2 rings (SSSR count). The molecule has 22 heavy (non-hydrogen) atoms.